The SMILES string of the molecule is CC(C)C[C@@H](C(=O)O[C@H](Cc1ccccc1)C(=O)O)N(C)C(=O)OC(C)(C)C. The van der Waals surface area contributed by atoms with Crippen LogP contribution in [0.25, 0.3) is 0 Å². The summed E-state index contributed by atoms with van der Waals surface area (Å²) in [6.45, 7) is 9.00. The highest BCUT2D eigenvalue weighted by Gasteiger charge is 2.34. The van der Waals surface area contributed by atoms with Crippen LogP contribution < -0.4 is 0 Å². The number of benzene rings is 1. The minimum atomic E-state index is -1.34. The number of hydrogen-bond acceptors (Lipinski definition) is 5. The summed E-state index contributed by atoms with van der Waals surface area (Å²) in [4.78, 5) is 37.9. The normalized spacial score (nSPS) is 13.5. The van der Waals surface area contributed by atoms with Crippen molar-refractivity contribution in [2.75, 3.05) is 7.05 Å². The average Bonchev–Trinajstić information content (AvgIpc) is 2.57. The maximum atomic E-state index is 12.8. The molecule has 7 heteroatoms. The van der Waals surface area contributed by atoms with E-state index in [-0.39, 0.29) is 12.3 Å². The lowest BCUT2D eigenvalue weighted by molar-refractivity contribution is -0.167. The van der Waals surface area contributed by atoms with Gasteiger partial charge in [-0.05, 0) is 38.7 Å². The Morgan fingerprint density at radius 1 is 1.11 bits per heavy atom. The molecule has 28 heavy (non-hydrogen) atoms. The molecule has 0 aromatic heterocycles. The van der Waals surface area contributed by atoms with Crippen molar-refractivity contribution >= 4 is 18.0 Å². The monoisotopic (exact) mass is 393 g/mol. The van der Waals surface area contributed by atoms with Crippen LogP contribution in [0.15, 0.2) is 30.3 Å². The summed E-state index contributed by atoms with van der Waals surface area (Å²) < 4.78 is 10.6. The first kappa shape index (κ1) is 23.5. The van der Waals surface area contributed by atoms with E-state index in [1.807, 2.05) is 19.9 Å². The van der Waals surface area contributed by atoms with Crippen molar-refractivity contribution in [1.29, 1.82) is 0 Å². The highest BCUT2D eigenvalue weighted by atomic mass is 16.6. The molecule has 1 rings (SSSR count). The van der Waals surface area contributed by atoms with Crippen molar-refractivity contribution in [3.63, 3.8) is 0 Å². The fraction of sp³-hybridized carbons (Fsp3) is 0.571. The molecule has 0 saturated carbocycles. The van der Waals surface area contributed by atoms with Crippen molar-refractivity contribution in [3.8, 4) is 0 Å². The summed E-state index contributed by atoms with van der Waals surface area (Å²) in [5.41, 5.74) is 0.0257. The summed E-state index contributed by atoms with van der Waals surface area (Å²) >= 11 is 0. The number of carboxylic acids is 1. The Morgan fingerprint density at radius 3 is 2.14 bits per heavy atom. The molecule has 156 valence electrons. The number of likely N-dealkylation sites (N-methyl/N-ethyl adjacent to an activating group) is 1. The number of carbonyl (C=O) groups excluding carboxylic acids is 2. The minimum absolute atomic E-state index is 0.0481. The smallest absolute Gasteiger partial charge is 0.410 e. The van der Waals surface area contributed by atoms with Gasteiger partial charge in [-0.3, -0.25) is 4.90 Å². The van der Waals surface area contributed by atoms with E-state index in [0.717, 1.165) is 5.56 Å². The fourth-order valence-corrected chi connectivity index (χ4v) is 2.55. The van der Waals surface area contributed by atoms with E-state index < -0.39 is 35.8 Å². The van der Waals surface area contributed by atoms with Gasteiger partial charge in [0, 0.05) is 13.5 Å². The van der Waals surface area contributed by atoms with Crippen LogP contribution in [-0.4, -0.2) is 52.8 Å². The molecule has 0 heterocycles. The van der Waals surface area contributed by atoms with E-state index in [1.54, 1.807) is 45.0 Å². The standard InChI is InChI=1S/C21H31NO6/c1-14(2)12-16(22(6)20(26)28-21(3,4)5)19(25)27-17(18(23)24)13-15-10-8-7-9-11-15/h7-11,14,16-17H,12-13H2,1-6H3,(H,23,24)/t16-,17+/m0/s1. The maximum absolute atomic E-state index is 12.8. The van der Waals surface area contributed by atoms with Crippen LogP contribution in [0.2, 0.25) is 0 Å². The first-order valence-corrected chi connectivity index (χ1v) is 9.33. The van der Waals surface area contributed by atoms with E-state index in [4.69, 9.17) is 9.47 Å². The molecule has 1 amide bonds. The van der Waals surface area contributed by atoms with Crippen LogP contribution in [0.3, 0.4) is 0 Å². The number of aliphatic carboxylic acids is 1. The molecule has 7 nitrogen and oxygen atoms in total. The number of nitrogens with zero attached hydrogens (tertiary/aromatic N) is 1. The lowest BCUT2D eigenvalue weighted by Crippen LogP contribution is -2.47. The molecule has 0 aliphatic heterocycles. The van der Waals surface area contributed by atoms with Crippen molar-refractivity contribution in [2.45, 2.75) is 65.2 Å². The summed E-state index contributed by atoms with van der Waals surface area (Å²) in [6.07, 6.45) is -1.62. The molecular formula is C21H31NO6. The van der Waals surface area contributed by atoms with Gasteiger partial charge >= 0.3 is 18.0 Å². The van der Waals surface area contributed by atoms with Gasteiger partial charge in [-0.1, -0.05) is 44.2 Å². The second kappa shape index (κ2) is 10.1. The van der Waals surface area contributed by atoms with Crippen LogP contribution in [0.4, 0.5) is 4.79 Å². The zero-order valence-electron chi connectivity index (χ0n) is 17.5. The van der Waals surface area contributed by atoms with Gasteiger partial charge in [-0.25, -0.2) is 14.4 Å². The minimum Gasteiger partial charge on any atom is -0.478 e. The van der Waals surface area contributed by atoms with Gasteiger partial charge in [0.05, 0.1) is 0 Å². The van der Waals surface area contributed by atoms with Crippen molar-refractivity contribution < 1.29 is 29.0 Å². The molecule has 2 atom stereocenters. The quantitative estimate of drug-likeness (QED) is 0.680. The van der Waals surface area contributed by atoms with Gasteiger partial charge in [0.15, 0.2) is 0 Å². The summed E-state index contributed by atoms with van der Waals surface area (Å²) in [7, 11) is 1.45. The number of carboxylic acid groups (broad SMARTS) is 1. The van der Waals surface area contributed by atoms with Gasteiger partial charge in [0.1, 0.15) is 11.6 Å². The van der Waals surface area contributed by atoms with Crippen LogP contribution >= 0.6 is 0 Å². The van der Waals surface area contributed by atoms with Crippen molar-refractivity contribution in [3.05, 3.63) is 35.9 Å². The molecule has 0 aliphatic rings. The highest BCUT2D eigenvalue weighted by Crippen LogP contribution is 2.18. The Hall–Kier alpha value is -2.57. The van der Waals surface area contributed by atoms with E-state index in [9.17, 15) is 19.5 Å². The summed E-state index contributed by atoms with van der Waals surface area (Å²) in [5.74, 6) is -1.91. The van der Waals surface area contributed by atoms with Crippen molar-refractivity contribution in [2.24, 2.45) is 5.92 Å². The van der Waals surface area contributed by atoms with Crippen LogP contribution in [0.5, 0.6) is 0 Å². The lowest BCUT2D eigenvalue weighted by atomic mass is 10.0. The van der Waals surface area contributed by atoms with Crippen LogP contribution in [-0.2, 0) is 25.5 Å². The van der Waals surface area contributed by atoms with E-state index >= 15 is 0 Å². The molecule has 0 radical (unpaired) electrons. The Labute approximate surface area is 166 Å². The zero-order chi connectivity index (χ0) is 21.5. The molecule has 0 saturated heterocycles. The molecule has 0 fully saturated rings. The third-order valence-corrected chi connectivity index (χ3v) is 3.91. The number of ether oxygens (including phenoxy) is 2. The van der Waals surface area contributed by atoms with Gasteiger partial charge in [-0.15, -0.1) is 0 Å². The number of rotatable bonds is 8. The Balaban J connectivity index is 2.94. The van der Waals surface area contributed by atoms with E-state index in [1.165, 1.54) is 11.9 Å². The first-order valence-electron chi connectivity index (χ1n) is 9.33. The molecule has 0 spiro atoms. The second-order valence-corrected chi connectivity index (χ2v) is 8.19. The molecule has 0 bridgehead atoms. The molecule has 1 aromatic carbocycles. The molecule has 1 N–H and O–H groups in total. The topological polar surface area (TPSA) is 93.1 Å². The Kier molecular flexibility index (Phi) is 8.47. The third kappa shape index (κ3) is 7.98. The number of amides is 1. The van der Waals surface area contributed by atoms with Gasteiger partial charge in [0.2, 0.25) is 6.10 Å². The highest BCUT2D eigenvalue weighted by molar-refractivity contribution is 5.84. The number of hydrogen-bond donors (Lipinski definition) is 1. The predicted octanol–water partition coefficient (Wildman–Crippen LogP) is 3.51. The van der Waals surface area contributed by atoms with Crippen LogP contribution in [0.1, 0.15) is 46.6 Å². The van der Waals surface area contributed by atoms with Crippen molar-refractivity contribution in [1.82, 2.24) is 4.90 Å². The summed E-state index contributed by atoms with van der Waals surface area (Å²) in [6, 6.07) is 7.99. The maximum Gasteiger partial charge on any atom is 0.410 e. The number of carbonyl (C=O) groups is 3. The van der Waals surface area contributed by atoms with Gasteiger partial charge < -0.3 is 14.6 Å². The van der Waals surface area contributed by atoms with Crippen LogP contribution in [0, 0.1) is 5.92 Å². The lowest BCUT2D eigenvalue weighted by Gasteiger charge is -2.31. The Bertz CT molecular complexity index is 665. The second-order valence-electron chi connectivity index (χ2n) is 8.19. The summed E-state index contributed by atoms with van der Waals surface area (Å²) in [5, 5.41) is 9.47. The zero-order valence-corrected chi connectivity index (χ0v) is 17.5. The third-order valence-electron chi connectivity index (χ3n) is 3.91. The number of esters is 1. The largest absolute Gasteiger partial charge is 0.478 e. The van der Waals surface area contributed by atoms with E-state index in [0.29, 0.717) is 6.42 Å². The average molecular weight is 393 g/mol. The Morgan fingerprint density at radius 2 is 1.68 bits per heavy atom. The molecule has 0 aliphatic carbocycles. The van der Waals surface area contributed by atoms with E-state index in [2.05, 4.69) is 0 Å². The van der Waals surface area contributed by atoms with Gasteiger partial charge in [-0.2, -0.15) is 0 Å². The molecule has 1 aromatic rings. The van der Waals surface area contributed by atoms with Gasteiger partial charge in [0.25, 0.3) is 0 Å². The fourth-order valence-electron chi connectivity index (χ4n) is 2.55. The first-order chi connectivity index (χ1) is 12.9. The predicted molar refractivity (Wildman–Crippen MR) is 105 cm³/mol. The molecular weight excluding hydrogens is 362 g/mol. The molecule has 0 unspecified atom stereocenters.